The first-order chi connectivity index (χ1) is 13.3. The second-order valence-electron chi connectivity index (χ2n) is 5.75. The highest BCUT2D eigenvalue weighted by atomic mass is 35.5. The van der Waals surface area contributed by atoms with Crippen molar-refractivity contribution in [1.29, 1.82) is 5.41 Å². The molecule has 1 fully saturated rings. The number of ether oxygens (including phenoxy) is 1. The summed E-state index contributed by atoms with van der Waals surface area (Å²) in [5.74, 6) is 0.0750. The molecule has 0 aliphatic carbocycles. The monoisotopic (exact) mass is 441 g/mol. The Hall–Kier alpha value is -2.96. The van der Waals surface area contributed by atoms with Crippen LogP contribution in [-0.2, 0) is 11.8 Å². The maximum Gasteiger partial charge on any atom is 0.221 e. The lowest BCUT2D eigenvalue weighted by molar-refractivity contribution is 0.0672. The van der Waals surface area contributed by atoms with E-state index < -0.39 is 0 Å². The summed E-state index contributed by atoms with van der Waals surface area (Å²) in [5, 5.41) is 25.5. The van der Waals surface area contributed by atoms with Gasteiger partial charge >= 0.3 is 0 Å². The number of halogens is 1. The normalized spacial score (nSPS) is 13.3. The van der Waals surface area contributed by atoms with E-state index in [0.29, 0.717) is 32.0 Å². The van der Waals surface area contributed by atoms with Crippen molar-refractivity contribution >= 4 is 58.2 Å². The molecule has 13 heteroatoms. The smallest absolute Gasteiger partial charge is 0.221 e. The Morgan fingerprint density at radius 2 is 1.83 bits per heavy atom. The van der Waals surface area contributed by atoms with Crippen molar-refractivity contribution < 1.29 is 9.84 Å². The van der Waals surface area contributed by atoms with Crippen molar-refractivity contribution in [1.82, 2.24) is 9.47 Å². The van der Waals surface area contributed by atoms with Crippen LogP contribution in [0.3, 0.4) is 0 Å². The molecule has 2 aromatic rings. The van der Waals surface area contributed by atoms with E-state index in [0.717, 1.165) is 10.9 Å². The van der Waals surface area contributed by atoms with Gasteiger partial charge in [0.1, 0.15) is 0 Å². The van der Waals surface area contributed by atoms with E-state index >= 15 is 0 Å². The van der Waals surface area contributed by atoms with Crippen molar-refractivity contribution in [2.24, 2.45) is 39.5 Å². The minimum Gasteiger partial charge on any atom is -0.493 e. The molecule has 0 atom stereocenters. The number of benzene rings is 1. The zero-order valence-corrected chi connectivity index (χ0v) is 17.4. The van der Waals surface area contributed by atoms with Gasteiger partial charge in [0, 0.05) is 25.5 Å². The summed E-state index contributed by atoms with van der Waals surface area (Å²) in [6.07, 6.45) is 0. The molecule has 1 aromatic heterocycles. The van der Waals surface area contributed by atoms with Gasteiger partial charge in [-0.15, -0.1) is 22.6 Å². The lowest BCUT2D eigenvalue weighted by Gasteiger charge is -2.26. The van der Waals surface area contributed by atoms with E-state index in [1.54, 1.807) is 16.5 Å². The first kappa shape index (κ1) is 24.1. The fourth-order valence-corrected chi connectivity index (χ4v) is 2.57. The fraction of sp³-hybridized carbons (Fsp3) is 0.312. The number of hydrogen-bond acceptors (Lipinski definition) is 5. The third-order valence-electron chi connectivity index (χ3n) is 3.84. The lowest BCUT2D eigenvalue weighted by Crippen LogP contribution is -2.41. The van der Waals surface area contributed by atoms with Gasteiger partial charge in [0.25, 0.3) is 0 Å². The number of morpholine rings is 1. The predicted molar refractivity (Wildman–Crippen MR) is 119 cm³/mol. The molecule has 1 aliphatic heterocycles. The summed E-state index contributed by atoms with van der Waals surface area (Å²) < 4.78 is 6.73. The molecule has 1 saturated heterocycles. The zero-order valence-electron chi connectivity index (χ0n) is 15.8. The molecule has 1 aliphatic rings. The number of thiocarbonyl (C=S) groups is 1. The average molecular weight is 442 g/mol. The topological polar surface area (TPSA) is 177 Å². The second kappa shape index (κ2) is 11.1. The number of aliphatic imine (C=N–C) groups is 1. The van der Waals surface area contributed by atoms with Gasteiger partial charge < -0.3 is 36.5 Å². The van der Waals surface area contributed by atoms with E-state index in [2.05, 4.69) is 27.4 Å². The third kappa shape index (κ3) is 6.55. The van der Waals surface area contributed by atoms with Gasteiger partial charge in [0.05, 0.1) is 18.7 Å². The maximum absolute atomic E-state index is 9.86. The average Bonchev–Trinajstić information content (AvgIpc) is 2.91. The fourth-order valence-electron chi connectivity index (χ4n) is 2.53. The molecule has 0 spiro atoms. The van der Waals surface area contributed by atoms with Crippen LogP contribution < -0.4 is 17.2 Å². The van der Waals surface area contributed by atoms with Crippen molar-refractivity contribution in [3.05, 3.63) is 24.3 Å². The molecular formula is C16H24ClN9O2S. The highest BCUT2D eigenvalue weighted by Gasteiger charge is 2.13. The molecule has 0 bridgehead atoms. The van der Waals surface area contributed by atoms with E-state index in [1.807, 2.05) is 24.3 Å². The lowest BCUT2D eigenvalue weighted by atomic mass is 10.2. The largest absolute Gasteiger partial charge is 0.493 e. The van der Waals surface area contributed by atoms with Crippen LogP contribution in [0.15, 0.2) is 39.5 Å². The van der Waals surface area contributed by atoms with Crippen LogP contribution in [0.1, 0.15) is 0 Å². The molecule has 0 saturated carbocycles. The molecule has 3 rings (SSSR count). The number of rotatable bonds is 1. The van der Waals surface area contributed by atoms with Gasteiger partial charge in [0.15, 0.2) is 11.6 Å². The maximum atomic E-state index is 9.86. The van der Waals surface area contributed by atoms with Crippen LogP contribution in [0, 0.1) is 5.41 Å². The first-order valence-corrected chi connectivity index (χ1v) is 8.70. The number of aromatic hydroxyl groups is 1. The number of para-hydroxylation sites is 1. The molecule has 29 heavy (non-hydrogen) atoms. The van der Waals surface area contributed by atoms with Crippen molar-refractivity contribution in [2.45, 2.75) is 0 Å². The molecule has 1 aromatic carbocycles. The first-order valence-electron chi connectivity index (χ1n) is 8.29. The van der Waals surface area contributed by atoms with E-state index in [4.69, 9.17) is 27.3 Å². The van der Waals surface area contributed by atoms with Crippen LogP contribution >= 0.6 is 24.6 Å². The molecule has 0 amide bonds. The van der Waals surface area contributed by atoms with E-state index in [1.165, 1.54) is 0 Å². The number of nitrogens with zero attached hydrogens (tertiary/aromatic N) is 5. The summed E-state index contributed by atoms with van der Waals surface area (Å²) in [5.41, 5.74) is 16.7. The summed E-state index contributed by atoms with van der Waals surface area (Å²) in [6.45, 7) is 2.61. The third-order valence-corrected chi connectivity index (χ3v) is 3.93. The van der Waals surface area contributed by atoms with Gasteiger partial charge in [-0.2, -0.15) is 4.99 Å². The van der Waals surface area contributed by atoms with Crippen molar-refractivity contribution in [3.63, 3.8) is 0 Å². The van der Waals surface area contributed by atoms with Gasteiger partial charge in [0.2, 0.25) is 17.0 Å². The van der Waals surface area contributed by atoms with Crippen LogP contribution in [0.4, 0.5) is 5.69 Å². The molecule has 0 radical (unpaired) electrons. The van der Waals surface area contributed by atoms with Crippen molar-refractivity contribution in [2.75, 3.05) is 26.3 Å². The Bertz CT molecular complexity index is 918. The van der Waals surface area contributed by atoms with Crippen LogP contribution in [0.5, 0.6) is 5.88 Å². The van der Waals surface area contributed by atoms with Gasteiger partial charge in [-0.3, -0.25) is 5.41 Å². The van der Waals surface area contributed by atoms with Gasteiger partial charge in [-0.1, -0.05) is 18.2 Å². The number of azo groups is 1. The number of nitrogens with two attached hydrogens (primary N) is 3. The van der Waals surface area contributed by atoms with Gasteiger partial charge in [-0.25, -0.2) is 0 Å². The van der Waals surface area contributed by atoms with Gasteiger partial charge in [-0.05, 0) is 18.3 Å². The van der Waals surface area contributed by atoms with Crippen LogP contribution in [0.25, 0.3) is 10.9 Å². The standard InChI is InChI=1S/C10H10N4OS.C6H13N5O.ClH/c1-14-7-5-3-2-4-6(7)8(9(14)15)12-13-10(11)16;7-5(8)10-6(9)11-1-3-12-4-2-11;/h2-5,15H,1H3,(H2,11,16);1-4H2,(H5,7,8,9,10);1H. The molecular weight excluding hydrogens is 418 g/mol. The Kier molecular flexibility index (Phi) is 9.25. The summed E-state index contributed by atoms with van der Waals surface area (Å²) in [6, 6.07) is 7.48. The highest BCUT2D eigenvalue weighted by Crippen LogP contribution is 2.37. The highest BCUT2D eigenvalue weighted by molar-refractivity contribution is 7.80. The summed E-state index contributed by atoms with van der Waals surface area (Å²) in [7, 11) is 1.75. The Morgan fingerprint density at radius 3 is 2.41 bits per heavy atom. The Labute approximate surface area is 179 Å². The quantitative estimate of drug-likeness (QED) is 0.191. The molecule has 158 valence electrons. The molecule has 8 N–H and O–H groups in total. The number of hydrogen-bond donors (Lipinski definition) is 5. The number of guanidine groups is 2. The van der Waals surface area contributed by atoms with Crippen molar-refractivity contribution in [3.8, 4) is 5.88 Å². The minimum atomic E-state index is -0.0773. The van der Waals surface area contributed by atoms with Crippen LogP contribution in [0.2, 0.25) is 0 Å². The minimum absolute atomic E-state index is 0. The van der Waals surface area contributed by atoms with E-state index in [9.17, 15) is 5.11 Å². The Morgan fingerprint density at radius 1 is 1.21 bits per heavy atom. The number of aromatic nitrogens is 1. The number of fused-ring (bicyclic) bond motifs is 1. The summed E-state index contributed by atoms with van der Waals surface area (Å²) in [4.78, 5) is 5.39. The number of aryl methyl sites for hydroxylation is 1. The van der Waals surface area contributed by atoms with Crippen LogP contribution in [-0.4, -0.2) is 57.9 Å². The number of nitrogens with one attached hydrogen (secondary N) is 1. The Balaban J connectivity index is 0.000000292. The summed E-state index contributed by atoms with van der Waals surface area (Å²) >= 11 is 4.60. The zero-order chi connectivity index (χ0) is 20.7. The molecule has 11 nitrogen and oxygen atoms in total. The van der Waals surface area contributed by atoms with E-state index in [-0.39, 0.29) is 35.3 Å². The molecule has 2 heterocycles. The second-order valence-corrected chi connectivity index (χ2v) is 6.16. The SMILES string of the molecule is Cl.Cn1c(O)c(N=NC(N)=S)c2ccccc21.N=C(N=C(N)N)N1CCOCC1. The predicted octanol–water partition coefficient (Wildman–Crippen LogP) is 1.16. The molecule has 0 unspecified atom stereocenters.